The average Bonchev–Trinajstić information content (AvgIpc) is 2.28. The van der Waals surface area contributed by atoms with Gasteiger partial charge in [0.25, 0.3) is 0 Å². The van der Waals surface area contributed by atoms with Crippen LogP contribution in [0, 0.1) is 6.92 Å². The van der Waals surface area contributed by atoms with Crippen molar-refractivity contribution in [2.75, 3.05) is 0 Å². The van der Waals surface area contributed by atoms with Crippen molar-refractivity contribution in [3.8, 4) is 0 Å². The molecular weight excluding hydrogens is 280 g/mol. The van der Waals surface area contributed by atoms with E-state index in [-0.39, 0.29) is 0 Å². The van der Waals surface area contributed by atoms with Crippen LogP contribution in [-0.4, -0.2) is 0 Å². The highest BCUT2D eigenvalue weighted by Gasteiger charge is 2.04. The molecule has 1 rings (SSSR count). The van der Waals surface area contributed by atoms with Crippen LogP contribution in [0.1, 0.15) is 38.7 Å². The predicted octanol–water partition coefficient (Wildman–Crippen LogP) is 5.90. The maximum Gasteiger partial charge on any atom is 0.0119 e. The van der Waals surface area contributed by atoms with Gasteiger partial charge in [0.1, 0.15) is 0 Å². The van der Waals surface area contributed by atoms with E-state index in [0.717, 1.165) is 12.8 Å². The molecular formula is C14H19BrS. The standard InChI is InChI=1S/C14H19BrS/c1-4-6-13(15)14(5-2)16-12-9-7-11(3)8-10-12/h7-10H,4-6H2,1-3H3/b14-13+. The normalized spacial score (nSPS) is 12.5. The smallest absolute Gasteiger partial charge is 0.0119 e. The fourth-order valence-electron chi connectivity index (χ4n) is 1.43. The fraction of sp³-hybridized carbons (Fsp3) is 0.429. The predicted molar refractivity (Wildman–Crippen MR) is 78.2 cm³/mol. The third kappa shape index (κ3) is 4.34. The number of aryl methyl sites for hydroxylation is 1. The highest BCUT2D eigenvalue weighted by Crippen LogP contribution is 2.34. The van der Waals surface area contributed by atoms with Crippen molar-refractivity contribution in [3.63, 3.8) is 0 Å². The Hall–Kier alpha value is -0.210. The number of rotatable bonds is 5. The van der Waals surface area contributed by atoms with Gasteiger partial charge in [-0.1, -0.05) is 65.7 Å². The van der Waals surface area contributed by atoms with Crippen LogP contribution in [0.5, 0.6) is 0 Å². The second-order valence-corrected chi connectivity index (χ2v) is 5.97. The third-order valence-electron chi connectivity index (χ3n) is 2.36. The van der Waals surface area contributed by atoms with Crippen LogP contribution >= 0.6 is 27.7 Å². The Morgan fingerprint density at radius 3 is 2.31 bits per heavy atom. The molecule has 0 saturated heterocycles. The third-order valence-corrected chi connectivity index (χ3v) is 4.78. The fourth-order valence-corrected chi connectivity index (χ4v) is 3.26. The van der Waals surface area contributed by atoms with Crippen LogP contribution in [0.15, 0.2) is 38.5 Å². The molecule has 0 fully saturated rings. The van der Waals surface area contributed by atoms with E-state index in [1.807, 2.05) is 11.8 Å². The Kier molecular flexibility index (Phi) is 6.22. The second kappa shape index (κ2) is 7.18. The molecule has 0 aliphatic heterocycles. The van der Waals surface area contributed by atoms with Gasteiger partial charge in [0, 0.05) is 9.38 Å². The lowest BCUT2D eigenvalue weighted by molar-refractivity contribution is 0.939. The molecule has 88 valence electrons. The van der Waals surface area contributed by atoms with Crippen molar-refractivity contribution in [1.29, 1.82) is 0 Å². The molecule has 0 aromatic heterocycles. The van der Waals surface area contributed by atoms with Gasteiger partial charge in [-0.05, 0) is 36.8 Å². The Balaban J connectivity index is 2.77. The minimum atomic E-state index is 1.10. The molecule has 0 amide bonds. The summed E-state index contributed by atoms with van der Waals surface area (Å²) in [6.45, 7) is 6.55. The molecule has 16 heavy (non-hydrogen) atoms. The molecule has 0 heterocycles. The number of benzene rings is 1. The van der Waals surface area contributed by atoms with E-state index in [9.17, 15) is 0 Å². The number of hydrogen-bond donors (Lipinski definition) is 0. The zero-order valence-electron chi connectivity index (χ0n) is 10.2. The number of halogens is 1. The first kappa shape index (κ1) is 13.9. The molecule has 0 bridgehead atoms. The van der Waals surface area contributed by atoms with Gasteiger partial charge in [0.15, 0.2) is 0 Å². The van der Waals surface area contributed by atoms with E-state index >= 15 is 0 Å². The Bertz CT molecular complexity index is 352. The molecule has 0 nitrogen and oxygen atoms in total. The van der Waals surface area contributed by atoms with Crippen LogP contribution < -0.4 is 0 Å². The molecule has 0 unspecified atom stereocenters. The molecule has 0 spiro atoms. The van der Waals surface area contributed by atoms with Gasteiger partial charge in [-0.2, -0.15) is 0 Å². The summed E-state index contributed by atoms with van der Waals surface area (Å²) in [5.41, 5.74) is 1.32. The molecule has 0 aliphatic rings. The van der Waals surface area contributed by atoms with Crippen molar-refractivity contribution < 1.29 is 0 Å². The van der Waals surface area contributed by atoms with E-state index in [0.29, 0.717) is 0 Å². The first-order valence-electron chi connectivity index (χ1n) is 5.79. The number of allylic oxidation sites excluding steroid dienone is 2. The van der Waals surface area contributed by atoms with E-state index < -0.39 is 0 Å². The number of thioether (sulfide) groups is 1. The summed E-state index contributed by atoms with van der Waals surface area (Å²) in [6.07, 6.45) is 3.43. The molecule has 1 aromatic carbocycles. The molecule has 0 aliphatic carbocycles. The minimum Gasteiger partial charge on any atom is -0.0937 e. The lowest BCUT2D eigenvalue weighted by Gasteiger charge is -2.08. The Morgan fingerprint density at radius 1 is 1.19 bits per heavy atom. The SMILES string of the molecule is CCC/C(Br)=C(/CC)Sc1ccc(C)cc1. The van der Waals surface area contributed by atoms with Gasteiger partial charge in [-0.15, -0.1) is 0 Å². The average molecular weight is 299 g/mol. The number of hydrogen-bond acceptors (Lipinski definition) is 1. The first-order valence-corrected chi connectivity index (χ1v) is 7.40. The Labute approximate surface area is 112 Å². The second-order valence-electron chi connectivity index (χ2n) is 3.85. The quantitative estimate of drug-likeness (QED) is 0.610. The van der Waals surface area contributed by atoms with Crippen molar-refractivity contribution in [1.82, 2.24) is 0 Å². The molecule has 0 radical (unpaired) electrons. The van der Waals surface area contributed by atoms with Gasteiger partial charge >= 0.3 is 0 Å². The molecule has 1 aromatic rings. The summed E-state index contributed by atoms with van der Waals surface area (Å²) in [7, 11) is 0. The van der Waals surface area contributed by atoms with Gasteiger partial charge in [0.05, 0.1) is 0 Å². The van der Waals surface area contributed by atoms with Crippen LogP contribution in [-0.2, 0) is 0 Å². The maximum atomic E-state index is 3.70. The van der Waals surface area contributed by atoms with Crippen LogP contribution in [0.4, 0.5) is 0 Å². The summed E-state index contributed by atoms with van der Waals surface area (Å²) in [5.74, 6) is 0. The van der Waals surface area contributed by atoms with Gasteiger partial charge in [-0.3, -0.25) is 0 Å². The maximum absolute atomic E-state index is 3.70. The zero-order valence-corrected chi connectivity index (χ0v) is 12.6. The monoisotopic (exact) mass is 298 g/mol. The van der Waals surface area contributed by atoms with E-state index in [2.05, 4.69) is 61.0 Å². The van der Waals surface area contributed by atoms with E-state index in [1.165, 1.54) is 26.3 Å². The van der Waals surface area contributed by atoms with Crippen LogP contribution in [0.25, 0.3) is 0 Å². The Morgan fingerprint density at radius 2 is 1.81 bits per heavy atom. The van der Waals surface area contributed by atoms with Crippen molar-refractivity contribution in [3.05, 3.63) is 39.2 Å². The molecule has 0 N–H and O–H groups in total. The molecule has 2 heteroatoms. The largest absolute Gasteiger partial charge is 0.0937 e. The van der Waals surface area contributed by atoms with E-state index in [4.69, 9.17) is 0 Å². The highest BCUT2D eigenvalue weighted by molar-refractivity contribution is 9.11. The summed E-state index contributed by atoms with van der Waals surface area (Å²) in [5, 5.41) is 0. The van der Waals surface area contributed by atoms with Gasteiger partial charge in [0.2, 0.25) is 0 Å². The van der Waals surface area contributed by atoms with Crippen molar-refractivity contribution in [2.24, 2.45) is 0 Å². The van der Waals surface area contributed by atoms with Crippen LogP contribution in [0.2, 0.25) is 0 Å². The lowest BCUT2D eigenvalue weighted by atomic mass is 10.2. The van der Waals surface area contributed by atoms with Crippen LogP contribution in [0.3, 0.4) is 0 Å². The first-order chi connectivity index (χ1) is 7.67. The van der Waals surface area contributed by atoms with Gasteiger partial charge < -0.3 is 0 Å². The van der Waals surface area contributed by atoms with Gasteiger partial charge in [-0.25, -0.2) is 0 Å². The molecule has 0 atom stereocenters. The highest BCUT2D eigenvalue weighted by atomic mass is 79.9. The summed E-state index contributed by atoms with van der Waals surface area (Å²) in [6, 6.07) is 8.73. The van der Waals surface area contributed by atoms with E-state index in [1.54, 1.807) is 0 Å². The summed E-state index contributed by atoms with van der Waals surface area (Å²) >= 11 is 5.57. The van der Waals surface area contributed by atoms with Crippen molar-refractivity contribution >= 4 is 27.7 Å². The summed E-state index contributed by atoms with van der Waals surface area (Å²) in [4.78, 5) is 2.78. The zero-order chi connectivity index (χ0) is 12.0. The summed E-state index contributed by atoms with van der Waals surface area (Å²) < 4.78 is 1.36. The minimum absolute atomic E-state index is 1.10. The topological polar surface area (TPSA) is 0 Å². The molecule has 0 saturated carbocycles. The van der Waals surface area contributed by atoms with Crippen molar-refractivity contribution in [2.45, 2.75) is 44.9 Å². The lowest BCUT2D eigenvalue weighted by Crippen LogP contribution is -1.82.